The molecule has 9 nitrogen and oxygen atoms in total. The van der Waals surface area contributed by atoms with E-state index in [-0.39, 0.29) is 34.9 Å². The van der Waals surface area contributed by atoms with Crippen LogP contribution in [0.5, 0.6) is 0 Å². The summed E-state index contributed by atoms with van der Waals surface area (Å²) < 4.78 is 32.9. The minimum atomic E-state index is -3.78. The van der Waals surface area contributed by atoms with Gasteiger partial charge in [-0.1, -0.05) is 11.8 Å². The lowest BCUT2D eigenvalue weighted by molar-refractivity contribution is -0.127. The predicted molar refractivity (Wildman–Crippen MR) is 88.7 cm³/mol. The van der Waals surface area contributed by atoms with Crippen molar-refractivity contribution in [2.45, 2.75) is 10.9 Å². The highest BCUT2D eigenvalue weighted by Gasteiger charge is 2.46. The fourth-order valence-electron chi connectivity index (χ4n) is 2.91. The van der Waals surface area contributed by atoms with Gasteiger partial charge in [0.25, 0.3) is 5.24 Å². The number of imide groups is 1. The van der Waals surface area contributed by atoms with Gasteiger partial charge in [-0.25, -0.2) is 13.2 Å². The van der Waals surface area contributed by atoms with Crippen LogP contribution in [-0.2, 0) is 21.9 Å². The molecule has 2 aromatic rings. The maximum Gasteiger partial charge on any atom is 0.419 e. The minimum absolute atomic E-state index is 0.0308. The van der Waals surface area contributed by atoms with Crippen molar-refractivity contribution in [3.05, 3.63) is 28.7 Å². The highest BCUT2D eigenvalue weighted by Crippen LogP contribution is 2.30. The second-order valence-electron chi connectivity index (χ2n) is 5.85. The number of hydrogen-bond acceptors (Lipinski definition) is 7. The number of sulfonamides is 1. The smallest absolute Gasteiger partial charge is 0.408 e. The van der Waals surface area contributed by atoms with Crippen molar-refractivity contribution in [2.24, 2.45) is 7.05 Å². The number of thioether (sulfide) groups is 1. The summed E-state index contributed by atoms with van der Waals surface area (Å²) in [5, 5.41) is -0.332. The lowest BCUT2D eigenvalue weighted by atomic mass is 10.1. The molecule has 1 aromatic carbocycles. The van der Waals surface area contributed by atoms with E-state index in [9.17, 15) is 22.8 Å². The molecule has 25 heavy (non-hydrogen) atoms. The summed E-state index contributed by atoms with van der Waals surface area (Å²) in [4.78, 5) is 36.1. The lowest BCUT2D eigenvalue weighted by Crippen LogP contribution is -2.61. The molecule has 0 radical (unpaired) electrons. The third kappa shape index (κ3) is 2.41. The Morgan fingerprint density at radius 3 is 2.56 bits per heavy atom. The Kier molecular flexibility index (Phi) is 3.56. The molecule has 4 rings (SSSR count). The number of benzene rings is 1. The first-order valence-corrected chi connectivity index (χ1v) is 9.80. The third-order valence-corrected chi connectivity index (χ3v) is 7.04. The van der Waals surface area contributed by atoms with E-state index < -0.39 is 21.8 Å². The first kappa shape index (κ1) is 16.4. The first-order valence-electron chi connectivity index (χ1n) is 7.37. The summed E-state index contributed by atoms with van der Waals surface area (Å²) in [6, 6.07) is 3.76. The van der Waals surface area contributed by atoms with Gasteiger partial charge in [-0.2, -0.15) is 4.31 Å². The zero-order valence-corrected chi connectivity index (χ0v) is 14.7. The van der Waals surface area contributed by atoms with Gasteiger partial charge in [0.05, 0.1) is 22.2 Å². The minimum Gasteiger partial charge on any atom is -0.408 e. The standard InChI is InChI=1S/C14H13N3O6S2/c1-15-10-4-9(2-3-11(10)23-13(15)19)25(21,22)16-5-8(6-16)17-12(18)7-24-14(17)20/h2-4,8H,5-7H2,1H3. The van der Waals surface area contributed by atoms with E-state index in [0.717, 1.165) is 16.7 Å². The topological polar surface area (TPSA) is 110 Å². The zero-order valence-electron chi connectivity index (χ0n) is 13.0. The van der Waals surface area contributed by atoms with Crippen molar-refractivity contribution < 1.29 is 22.4 Å². The van der Waals surface area contributed by atoms with E-state index in [1.807, 2.05) is 0 Å². The first-order chi connectivity index (χ1) is 11.8. The Balaban J connectivity index is 1.59. The van der Waals surface area contributed by atoms with Crippen LogP contribution < -0.4 is 5.76 Å². The van der Waals surface area contributed by atoms with Gasteiger partial charge in [-0.05, 0) is 18.2 Å². The molecule has 11 heteroatoms. The number of hydrogen-bond donors (Lipinski definition) is 0. The highest BCUT2D eigenvalue weighted by atomic mass is 32.2. The highest BCUT2D eigenvalue weighted by molar-refractivity contribution is 8.14. The molecule has 0 bridgehead atoms. The van der Waals surface area contributed by atoms with Crippen LogP contribution in [0.25, 0.3) is 11.1 Å². The second kappa shape index (κ2) is 5.44. The molecule has 2 amide bonds. The quantitative estimate of drug-likeness (QED) is 0.744. The van der Waals surface area contributed by atoms with Gasteiger partial charge in [-0.15, -0.1) is 0 Å². The van der Waals surface area contributed by atoms with Gasteiger partial charge >= 0.3 is 5.76 Å². The Labute approximate surface area is 146 Å². The molecular weight excluding hydrogens is 370 g/mol. The van der Waals surface area contributed by atoms with Crippen molar-refractivity contribution in [3.8, 4) is 0 Å². The number of carbonyl (C=O) groups is 2. The molecule has 0 aliphatic carbocycles. The molecule has 0 saturated carbocycles. The number of fused-ring (bicyclic) bond motifs is 1. The van der Waals surface area contributed by atoms with E-state index in [2.05, 4.69) is 0 Å². The average Bonchev–Trinajstić information content (AvgIpc) is 2.99. The van der Waals surface area contributed by atoms with E-state index in [0.29, 0.717) is 11.1 Å². The summed E-state index contributed by atoms with van der Waals surface area (Å²) in [5.41, 5.74) is 0.683. The van der Waals surface area contributed by atoms with Crippen molar-refractivity contribution in [1.82, 2.24) is 13.8 Å². The van der Waals surface area contributed by atoms with Crippen molar-refractivity contribution in [1.29, 1.82) is 0 Å². The van der Waals surface area contributed by atoms with E-state index in [1.165, 1.54) is 34.1 Å². The summed E-state index contributed by atoms with van der Waals surface area (Å²) in [6.45, 7) is 0.144. The molecule has 2 aliphatic heterocycles. The summed E-state index contributed by atoms with van der Waals surface area (Å²) >= 11 is 0.928. The van der Waals surface area contributed by atoms with Crippen molar-refractivity contribution >= 4 is 44.0 Å². The summed E-state index contributed by atoms with van der Waals surface area (Å²) in [6.07, 6.45) is 0. The number of aryl methyl sites for hydroxylation is 1. The Bertz CT molecular complexity index is 1050. The summed E-state index contributed by atoms with van der Waals surface area (Å²) in [5.74, 6) is -0.753. The zero-order chi connectivity index (χ0) is 17.9. The second-order valence-corrected chi connectivity index (χ2v) is 8.72. The molecule has 2 aliphatic rings. The maximum absolute atomic E-state index is 12.7. The van der Waals surface area contributed by atoms with Crippen LogP contribution >= 0.6 is 11.8 Å². The fraction of sp³-hybridized carbons (Fsp3) is 0.357. The molecule has 2 saturated heterocycles. The number of aromatic nitrogens is 1. The molecular formula is C14H13N3O6S2. The van der Waals surface area contributed by atoms with Crippen LogP contribution in [0.1, 0.15) is 0 Å². The van der Waals surface area contributed by atoms with Gasteiger partial charge in [0.15, 0.2) is 5.58 Å². The third-order valence-electron chi connectivity index (χ3n) is 4.38. The predicted octanol–water partition coefficient (Wildman–Crippen LogP) is 0.200. The Hall–Kier alpha value is -2.11. The molecule has 0 spiro atoms. The van der Waals surface area contributed by atoms with Gasteiger partial charge in [-0.3, -0.25) is 19.1 Å². The number of oxazole rings is 1. The van der Waals surface area contributed by atoms with Crippen LogP contribution in [0.15, 0.2) is 32.3 Å². The van der Waals surface area contributed by atoms with Crippen LogP contribution in [0.3, 0.4) is 0 Å². The van der Waals surface area contributed by atoms with E-state index in [4.69, 9.17) is 4.42 Å². The van der Waals surface area contributed by atoms with Crippen LogP contribution in [0.4, 0.5) is 4.79 Å². The van der Waals surface area contributed by atoms with Crippen LogP contribution in [-0.4, -0.2) is 58.2 Å². The van der Waals surface area contributed by atoms with Crippen molar-refractivity contribution in [2.75, 3.05) is 18.8 Å². The summed E-state index contributed by atoms with van der Waals surface area (Å²) in [7, 11) is -2.29. The van der Waals surface area contributed by atoms with E-state index >= 15 is 0 Å². The number of amides is 2. The molecule has 0 unspecified atom stereocenters. The SMILES string of the molecule is Cn1c(=O)oc2ccc(S(=O)(=O)N3CC(N4C(=O)CSC4=O)C3)cc21. The fourth-order valence-corrected chi connectivity index (χ4v) is 5.22. The number of nitrogens with zero attached hydrogens (tertiary/aromatic N) is 3. The Morgan fingerprint density at radius 1 is 1.20 bits per heavy atom. The van der Waals surface area contributed by atoms with Crippen LogP contribution in [0, 0.1) is 0 Å². The molecule has 3 heterocycles. The van der Waals surface area contributed by atoms with Gasteiger partial charge in [0, 0.05) is 20.1 Å². The van der Waals surface area contributed by atoms with E-state index in [1.54, 1.807) is 0 Å². The number of rotatable bonds is 3. The monoisotopic (exact) mass is 383 g/mol. The normalized spacial score (nSPS) is 19.8. The maximum atomic E-state index is 12.7. The van der Waals surface area contributed by atoms with Gasteiger partial charge in [0.2, 0.25) is 15.9 Å². The average molecular weight is 383 g/mol. The molecule has 0 atom stereocenters. The molecule has 132 valence electrons. The molecule has 2 fully saturated rings. The Morgan fingerprint density at radius 2 is 1.92 bits per heavy atom. The van der Waals surface area contributed by atoms with Gasteiger partial charge in [0.1, 0.15) is 0 Å². The lowest BCUT2D eigenvalue weighted by Gasteiger charge is -2.41. The molecule has 1 aromatic heterocycles. The van der Waals surface area contributed by atoms with Crippen molar-refractivity contribution in [3.63, 3.8) is 0 Å². The largest absolute Gasteiger partial charge is 0.419 e. The molecule has 0 N–H and O–H groups in total. The van der Waals surface area contributed by atoms with Crippen LogP contribution in [0.2, 0.25) is 0 Å². The number of carbonyl (C=O) groups excluding carboxylic acids is 2. The van der Waals surface area contributed by atoms with Gasteiger partial charge < -0.3 is 4.42 Å².